The van der Waals surface area contributed by atoms with Crippen LogP contribution in [0, 0.1) is 0 Å². The molecule has 4 rings (SSSR count). The molecule has 3 heteroatoms. The molecule has 0 amide bonds. The molecule has 2 aromatic rings. The number of hydrogen-bond acceptors (Lipinski definition) is 0. The zero-order valence-corrected chi connectivity index (χ0v) is 21.0. The molecule has 29 heavy (non-hydrogen) atoms. The summed E-state index contributed by atoms with van der Waals surface area (Å²) in [5.41, 5.74) is 8.73. The van der Waals surface area contributed by atoms with Gasteiger partial charge in [0, 0.05) is 0 Å². The third-order valence-electron chi connectivity index (χ3n) is 5.46. The molecule has 0 bridgehead atoms. The van der Waals surface area contributed by atoms with Gasteiger partial charge in [0.05, 0.1) is 0 Å². The van der Waals surface area contributed by atoms with E-state index in [4.69, 9.17) is 0 Å². The fourth-order valence-corrected chi connectivity index (χ4v) is 7.65. The molecule has 0 atom stereocenters. The molecule has 0 N–H and O–H groups in total. The summed E-state index contributed by atoms with van der Waals surface area (Å²) >= 11 is -0.758. The van der Waals surface area contributed by atoms with Gasteiger partial charge < -0.3 is 24.8 Å². The molecule has 2 aliphatic carbocycles. The van der Waals surface area contributed by atoms with E-state index in [-0.39, 0.29) is 24.8 Å². The summed E-state index contributed by atoms with van der Waals surface area (Å²) in [5.74, 6) is 0. The van der Waals surface area contributed by atoms with Gasteiger partial charge in [-0.15, -0.1) is 0 Å². The number of hydrogen-bond donors (Lipinski definition) is 0. The maximum Gasteiger partial charge on any atom is -1.00 e. The first-order valence-electron chi connectivity index (χ1n) is 10.0. The summed E-state index contributed by atoms with van der Waals surface area (Å²) < 4.78 is 3.46. The molecule has 0 saturated carbocycles. The molecular formula is C26H26Cl2Zr. The molecule has 2 aromatic carbocycles. The van der Waals surface area contributed by atoms with E-state index in [0.717, 1.165) is 25.7 Å². The van der Waals surface area contributed by atoms with Gasteiger partial charge in [-0.25, -0.2) is 0 Å². The molecule has 148 valence electrons. The Labute approximate surface area is 199 Å². The Kier molecular flexibility index (Phi) is 9.41. The normalized spacial score (nSPS) is 14.7. The summed E-state index contributed by atoms with van der Waals surface area (Å²) in [6.07, 6.45) is 14.0. The van der Waals surface area contributed by atoms with E-state index >= 15 is 0 Å². The van der Waals surface area contributed by atoms with E-state index in [2.05, 4.69) is 86.7 Å². The van der Waals surface area contributed by atoms with Gasteiger partial charge in [-0.3, -0.25) is 0 Å². The van der Waals surface area contributed by atoms with Crippen LogP contribution in [0.4, 0.5) is 0 Å². The van der Waals surface area contributed by atoms with Gasteiger partial charge in [0.25, 0.3) is 0 Å². The fourth-order valence-electron chi connectivity index (χ4n) is 3.89. The van der Waals surface area contributed by atoms with Gasteiger partial charge in [0.1, 0.15) is 0 Å². The Morgan fingerprint density at radius 2 is 1.14 bits per heavy atom. The monoisotopic (exact) mass is 498 g/mol. The number of halogens is 2. The van der Waals surface area contributed by atoms with Crippen molar-refractivity contribution in [3.8, 4) is 0 Å². The van der Waals surface area contributed by atoms with Crippen molar-refractivity contribution >= 4 is 11.1 Å². The Hall–Kier alpha value is -1.14. The minimum atomic E-state index is -0.758. The number of rotatable bonds is 6. The number of benzene rings is 2. The molecule has 0 unspecified atom stereocenters. The van der Waals surface area contributed by atoms with Gasteiger partial charge >= 0.3 is 176 Å². The van der Waals surface area contributed by atoms with Crippen LogP contribution in [0.5, 0.6) is 0 Å². The molecule has 0 aromatic heterocycles. The van der Waals surface area contributed by atoms with Crippen molar-refractivity contribution in [2.24, 2.45) is 0 Å². The van der Waals surface area contributed by atoms with Crippen molar-refractivity contribution in [2.45, 2.75) is 39.5 Å². The molecule has 0 aliphatic heterocycles. The first kappa shape index (κ1) is 24.1. The van der Waals surface area contributed by atoms with E-state index in [9.17, 15) is 0 Å². The largest absolute Gasteiger partial charge is 1.00 e. The average molecular weight is 501 g/mol. The van der Waals surface area contributed by atoms with E-state index < -0.39 is 23.2 Å². The van der Waals surface area contributed by atoms with Crippen LogP contribution in [-0.2, 0) is 36.1 Å². The molecule has 0 nitrogen and oxygen atoms in total. The van der Waals surface area contributed by atoms with Crippen LogP contribution in [0.1, 0.15) is 48.9 Å². The summed E-state index contributed by atoms with van der Waals surface area (Å²) in [4.78, 5) is 0. The van der Waals surface area contributed by atoms with Gasteiger partial charge in [-0.1, -0.05) is 0 Å². The van der Waals surface area contributed by atoms with Crippen molar-refractivity contribution in [1.82, 2.24) is 0 Å². The van der Waals surface area contributed by atoms with Crippen molar-refractivity contribution in [3.63, 3.8) is 0 Å². The predicted molar refractivity (Wildman–Crippen MR) is 113 cm³/mol. The third kappa shape index (κ3) is 5.52. The summed E-state index contributed by atoms with van der Waals surface area (Å²) in [7, 11) is 0. The minimum Gasteiger partial charge on any atom is -1.00 e. The van der Waals surface area contributed by atoms with Gasteiger partial charge in [0.15, 0.2) is 0 Å². The molecule has 0 spiro atoms. The second kappa shape index (κ2) is 11.3. The molecule has 0 heterocycles. The van der Waals surface area contributed by atoms with E-state index in [0.29, 0.717) is 0 Å². The predicted octanol–water partition coefficient (Wildman–Crippen LogP) is 0.944. The summed E-state index contributed by atoms with van der Waals surface area (Å²) in [5, 5.41) is 0. The van der Waals surface area contributed by atoms with Gasteiger partial charge in [0.2, 0.25) is 0 Å². The zero-order valence-electron chi connectivity index (χ0n) is 17.0. The van der Waals surface area contributed by atoms with Crippen LogP contribution in [0.25, 0.3) is 11.1 Å². The van der Waals surface area contributed by atoms with Crippen LogP contribution in [0.2, 0.25) is 0 Å². The molecule has 0 fully saturated rings. The molecule has 0 radical (unpaired) electrons. The van der Waals surface area contributed by atoms with Crippen molar-refractivity contribution < 1.29 is 48.0 Å². The topological polar surface area (TPSA) is 0 Å². The smallest absolute Gasteiger partial charge is 1.00 e. The van der Waals surface area contributed by atoms with E-state index in [1.54, 1.807) is 6.56 Å². The SMILES string of the molecule is CCc1cccc(C2=[C]([Zr+2][C]3=C(c4cccc(CC)c4)C=CC3)CC=C2)c1.[Cl-].[Cl-]. The minimum absolute atomic E-state index is 0. The van der Waals surface area contributed by atoms with Crippen molar-refractivity contribution in [3.05, 3.63) is 102 Å². The maximum atomic E-state index is 2.39. The number of aryl methyl sites for hydroxylation is 2. The average Bonchev–Trinajstić information content (AvgIpc) is 3.38. The second-order valence-corrected chi connectivity index (χ2v) is 10.8. The van der Waals surface area contributed by atoms with Gasteiger partial charge in [-0.05, 0) is 0 Å². The van der Waals surface area contributed by atoms with Gasteiger partial charge in [-0.2, -0.15) is 0 Å². The van der Waals surface area contributed by atoms with E-state index in [1.165, 1.54) is 33.4 Å². The Bertz CT molecular complexity index is 900. The Morgan fingerprint density at radius 3 is 1.55 bits per heavy atom. The first-order valence-corrected chi connectivity index (χ1v) is 12.5. The molecule has 0 saturated heterocycles. The van der Waals surface area contributed by atoms with Crippen LogP contribution in [0.15, 0.2) is 79.4 Å². The Morgan fingerprint density at radius 1 is 0.690 bits per heavy atom. The summed E-state index contributed by atoms with van der Waals surface area (Å²) in [6.45, 7) is 4.47. The second-order valence-electron chi connectivity index (χ2n) is 7.23. The quantitative estimate of drug-likeness (QED) is 0.554. The van der Waals surface area contributed by atoms with Crippen LogP contribution in [0.3, 0.4) is 0 Å². The number of allylic oxidation sites excluding steroid dienone is 8. The standard InChI is InChI=1S/2C13H13.2ClH.Zr/c2*1-2-11-6-5-9-13(10-11)12-7-3-4-8-12;;;/h2*3,5-7,9-10H,2,4H2,1H3;2*1H;/q;;;;+2/p-2. The van der Waals surface area contributed by atoms with Crippen LogP contribution < -0.4 is 24.8 Å². The van der Waals surface area contributed by atoms with E-state index in [1.807, 2.05) is 0 Å². The fraction of sp³-hybridized carbons (Fsp3) is 0.231. The van der Waals surface area contributed by atoms with Crippen LogP contribution >= 0.6 is 0 Å². The molecule has 2 aliphatic rings. The maximum absolute atomic E-state index is 2.39. The first-order chi connectivity index (χ1) is 13.3. The molecular weight excluding hydrogens is 474 g/mol. The zero-order chi connectivity index (χ0) is 18.6. The third-order valence-corrected chi connectivity index (χ3v) is 9.27. The Balaban J connectivity index is 0.00000150. The van der Waals surface area contributed by atoms with Crippen molar-refractivity contribution in [2.75, 3.05) is 0 Å². The van der Waals surface area contributed by atoms with Crippen LogP contribution in [-0.4, -0.2) is 0 Å². The summed E-state index contributed by atoms with van der Waals surface area (Å²) in [6, 6.07) is 18.3. The van der Waals surface area contributed by atoms with Crippen molar-refractivity contribution in [1.29, 1.82) is 0 Å².